The SMILES string of the molecule is [O-][S+](C(F)F)C1CCC1. The molecule has 4 heteroatoms. The van der Waals surface area contributed by atoms with Gasteiger partial charge in [0, 0.05) is 11.2 Å². The highest BCUT2D eigenvalue weighted by Gasteiger charge is 2.35. The van der Waals surface area contributed by atoms with Crippen LogP contribution in [0.3, 0.4) is 0 Å². The quantitative estimate of drug-likeness (QED) is 0.553. The molecule has 0 aromatic heterocycles. The van der Waals surface area contributed by atoms with Crippen molar-refractivity contribution in [1.29, 1.82) is 0 Å². The second-order valence-electron chi connectivity index (χ2n) is 2.14. The third-order valence-corrected chi connectivity index (χ3v) is 3.04. The van der Waals surface area contributed by atoms with Crippen LogP contribution in [-0.2, 0) is 11.2 Å². The van der Waals surface area contributed by atoms with Crippen LogP contribution in [-0.4, -0.2) is 15.6 Å². The third kappa shape index (κ3) is 1.55. The smallest absolute Gasteiger partial charge is 0.397 e. The molecule has 1 fully saturated rings. The Morgan fingerprint density at radius 1 is 1.44 bits per heavy atom. The molecule has 1 nitrogen and oxygen atoms in total. The first kappa shape index (κ1) is 7.28. The van der Waals surface area contributed by atoms with Gasteiger partial charge < -0.3 is 4.55 Å². The average Bonchev–Trinajstić information content (AvgIpc) is 1.60. The van der Waals surface area contributed by atoms with Crippen molar-refractivity contribution in [2.45, 2.75) is 30.3 Å². The molecular weight excluding hydrogens is 146 g/mol. The molecule has 1 aliphatic rings. The molecule has 0 radical (unpaired) electrons. The van der Waals surface area contributed by atoms with Gasteiger partial charge in [0.1, 0.15) is 5.25 Å². The van der Waals surface area contributed by atoms with E-state index in [0.29, 0.717) is 0 Å². The van der Waals surface area contributed by atoms with Gasteiger partial charge in [0.05, 0.1) is 0 Å². The standard InChI is InChI=1S/C5H8F2OS/c6-5(7)9(8)4-2-1-3-4/h4-5H,1-3H2. The Labute approximate surface area is 55.6 Å². The molecule has 9 heavy (non-hydrogen) atoms. The van der Waals surface area contributed by atoms with Crippen molar-refractivity contribution in [1.82, 2.24) is 0 Å². The molecule has 0 aliphatic heterocycles. The fourth-order valence-corrected chi connectivity index (χ4v) is 1.84. The number of hydrogen-bond donors (Lipinski definition) is 0. The van der Waals surface area contributed by atoms with E-state index in [0.717, 1.165) is 19.3 Å². The van der Waals surface area contributed by atoms with E-state index >= 15 is 0 Å². The summed E-state index contributed by atoms with van der Waals surface area (Å²) >= 11 is -1.86. The monoisotopic (exact) mass is 154 g/mol. The lowest BCUT2D eigenvalue weighted by atomic mass is 10.0. The van der Waals surface area contributed by atoms with Crippen molar-refractivity contribution in [2.75, 3.05) is 0 Å². The lowest BCUT2D eigenvalue weighted by Crippen LogP contribution is -2.32. The molecule has 0 heterocycles. The molecule has 1 atom stereocenters. The van der Waals surface area contributed by atoms with Crippen LogP contribution in [0.2, 0.25) is 0 Å². The van der Waals surface area contributed by atoms with Crippen molar-refractivity contribution < 1.29 is 13.3 Å². The summed E-state index contributed by atoms with van der Waals surface area (Å²) in [7, 11) is 0. The molecule has 0 aromatic carbocycles. The average molecular weight is 154 g/mol. The van der Waals surface area contributed by atoms with Crippen molar-refractivity contribution >= 4 is 11.2 Å². The molecule has 1 aliphatic carbocycles. The Balaban J connectivity index is 2.23. The zero-order valence-electron chi connectivity index (χ0n) is 4.85. The summed E-state index contributed by atoms with van der Waals surface area (Å²) in [6.07, 6.45) is 2.40. The fourth-order valence-electron chi connectivity index (χ4n) is 0.749. The number of halogens is 2. The summed E-state index contributed by atoms with van der Waals surface area (Å²) in [6, 6.07) is 0. The normalized spacial score (nSPS) is 24.0. The number of hydrogen-bond acceptors (Lipinski definition) is 1. The van der Waals surface area contributed by atoms with E-state index in [-0.39, 0.29) is 5.25 Å². The third-order valence-electron chi connectivity index (χ3n) is 1.56. The summed E-state index contributed by atoms with van der Waals surface area (Å²) in [5, 5.41) is -0.204. The Morgan fingerprint density at radius 3 is 2.11 bits per heavy atom. The van der Waals surface area contributed by atoms with E-state index in [4.69, 9.17) is 0 Å². The Hall–Kier alpha value is 0.170. The van der Waals surface area contributed by atoms with Crippen molar-refractivity contribution in [3.63, 3.8) is 0 Å². The lowest BCUT2D eigenvalue weighted by molar-refractivity contribution is 0.229. The van der Waals surface area contributed by atoms with E-state index in [9.17, 15) is 13.3 Å². The molecule has 0 N–H and O–H groups in total. The lowest BCUT2D eigenvalue weighted by Gasteiger charge is -2.26. The van der Waals surface area contributed by atoms with Gasteiger partial charge in [-0.1, -0.05) is 0 Å². The van der Waals surface area contributed by atoms with E-state index in [1.54, 1.807) is 0 Å². The van der Waals surface area contributed by atoms with Crippen LogP contribution in [0.1, 0.15) is 19.3 Å². The maximum atomic E-state index is 11.6. The van der Waals surface area contributed by atoms with Crippen molar-refractivity contribution in [2.24, 2.45) is 0 Å². The van der Waals surface area contributed by atoms with Crippen LogP contribution in [0.5, 0.6) is 0 Å². The van der Waals surface area contributed by atoms with Gasteiger partial charge in [0.25, 0.3) is 0 Å². The van der Waals surface area contributed by atoms with Gasteiger partial charge in [-0.15, -0.1) is 0 Å². The number of rotatable bonds is 2. The Morgan fingerprint density at radius 2 is 2.00 bits per heavy atom. The first-order valence-electron chi connectivity index (χ1n) is 2.89. The van der Waals surface area contributed by atoms with E-state index < -0.39 is 16.9 Å². The second-order valence-corrected chi connectivity index (χ2v) is 3.82. The molecule has 0 spiro atoms. The minimum atomic E-state index is -2.63. The maximum absolute atomic E-state index is 11.6. The summed E-state index contributed by atoms with van der Waals surface area (Å²) in [5.74, 6) is -2.63. The van der Waals surface area contributed by atoms with Crippen molar-refractivity contribution in [3.05, 3.63) is 0 Å². The highest BCUT2D eigenvalue weighted by atomic mass is 32.2. The summed E-state index contributed by atoms with van der Waals surface area (Å²) < 4.78 is 33.7. The largest absolute Gasteiger partial charge is 0.612 e. The second kappa shape index (κ2) is 2.84. The number of alkyl halides is 2. The van der Waals surface area contributed by atoms with E-state index in [2.05, 4.69) is 0 Å². The van der Waals surface area contributed by atoms with Crippen molar-refractivity contribution in [3.8, 4) is 0 Å². The predicted molar refractivity (Wildman–Crippen MR) is 31.8 cm³/mol. The van der Waals surface area contributed by atoms with Crippen LogP contribution in [0.4, 0.5) is 8.78 Å². The molecule has 1 saturated carbocycles. The highest BCUT2D eigenvalue weighted by Crippen LogP contribution is 2.29. The summed E-state index contributed by atoms with van der Waals surface area (Å²) in [4.78, 5) is 0. The molecule has 0 bridgehead atoms. The predicted octanol–water partition coefficient (Wildman–Crippen LogP) is 1.51. The molecule has 0 amide bonds. The van der Waals surface area contributed by atoms with Gasteiger partial charge in [-0.2, -0.15) is 8.78 Å². The van der Waals surface area contributed by atoms with Gasteiger partial charge >= 0.3 is 5.76 Å². The molecule has 0 saturated heterocycles. The Kier molecular flexibility index (Phi) is 2.29. The molecule has 1 rings (SSSR count). The highest BCUT2D eigenvalue weighted by molar-refractivity contribution is 7.92. The molecular formula is C5H8F2OS. The summed E-state index contributed by atoms with van der Waals surface area (Å²) in [6.45, 7) is 0. The van der Waals surface area contributed by atoms with Gasteiger partial charge in [-0.3, -0.25) is 0 Å². The van der Waals surface area contributed by atoms with Gasteiger partial charge in [0.2, 0.25) is 0 Å². The molecule has 54 valence electrons. The summed E-state index contributed by atoms with van der Waals surface area (Å²) in [5.41, 5.74) is 0. The van der Waals surface area contributed by atoms with Gasteiger partial charge in [-0.25, -0.2) is 0 Å². The van der Waals surface area contributed by atoms with Crippen LogP contribution in [0, 0.1) is 0 Å². The van der Waals surface area contributed by atoms with E-state index in [1.807, 2.05) is 0 Å². The van der Waals surface area contributed by atoms with Gasteiger partial charge in [-0.05, 0) is 19.3 Å². The van der Waals surface area contributed by atoms with Gasteiger partial charge in [0.15, 0.2) is 0 Å². The van der Waals surface area contributed by atoms with Crippen LogP contribution in [0.15, 0.2) is 0 Å². The van der Waals surface area contributed by atoms with Crippen LogP contribution < -0.4 is 0 Å². The minimum Gasteiger partial charge on any atom is -0.612 e. The topological polar surface area (TPSA) is 23.1 Å². The minimum absolute atomic E-state index is 0.204. The first-order valence-corrected chi connectivity index (χ1v) is 4.17. The van der Waals surface area contributed by atoms with Crippen LogP contribution >= 0.6 is 0 Å². The fraction of sp³-hybridized carbons (Fsp3) is 1.00. The first-order chi connectivity index (χ1) is 4.22. The van der Waals surface area contributed by atoms with Crippen LogP contribution in [0.25, 0.3) is 0 Å². The maximum Gasteiger partial charge on any atom is 0.397 e. The van der Waals surface area contributed by atoms with E-state index in [1.165, 1.54) is 0 Å². The molecule has 0 aromatic rings. The zero-order valence-corrected chi connectivity index (χ0v) is 5.66. The molecule has 1 unspecified atom stereocenters. The Bertz CT molecular complexity index is 95.0. The zero-order chi connectivity index (χ0) is 6.85.